The molecule has 0 aliphatic carbocycles. The second kappa shape index (κ2) is 5.83. The van der Waals surface area contributed by atoms with Gasteiger partial charge in [0.15, 0.2) is 5.82 Å². The van der Waals surface area contributed by atoms with E-state index in [-0.39, 0.29) is 1.43 Å². The van der Waals surface area contributed by atoms with Crippen LogP contribution in [0.1, 0.15) is 18.4 Å². The molecule has 6 N–H and O–H groups in total. The maximum atomic E-state index is 6.06. The molecule has 0 aliphatic heterocycles. The van der Waals surface area contributed by atoms with Crippen LogP contribution >= 0.6 is 0 Å². The molecule has 0 amide bonds. The zero-order valence-corrected chi connectivity index (χ0v) is 11.1. The van der Waals surface area contributed by atoms with E-state index in [0.29, 0.717) is 28.5 Å². The van der Waals surface area contributed by atoms with Crippen LogP contribution in [0.4, 0.5) is 5.82 Å². The van der Waals surface area contributed by atoms with Gasteiger partial charge in [0.05, 0.1) is 23.4 Å². The van der Waals surface area contributed by atoms with Crippen molar-refractivity contribution in [3.8, 4) is 0 Å². The third-order valence-corrected chi connectivity index (χ3v) is 2.72. The first-order chi connectivity index (χ1) is 9.61. The van der Waals surface area contributed by atoms with Gasteiger partial charge in [-0.15, -0.1) is 0 Å². The largest absolute Gasteiger partial charge is 0.396 e. The van der Waals surface area contributed by atoms with Gasteiger partial charge in [0.2, 0.25) is 0 Å². The Morgan fingerprint density at radius 3 is 2.60 bits per heavy atom. The van der Waals surface area contributed by atoms with Crippen LogP contribution in [0.15, 0.2) is 41.5 Å². The van der Waals surface area contributed by atoms with Crippen LogP contribution in [0, 0.1) is 6.92 Å². The molecule has 2 rings (SSSR count). The molecule has 0 aliphatic rings. The van der Waals surface area contributed by atoms with E-state index in [1.54, 1.807) is 18.3 Å². The minimum absolute atomic E-state index is 0. The lowest BCUT2D eigenvalue weighted by atomic mass is 10.1. The molecule has 20 heavy (non-hydrogen) atoms. The smallest absolute Gasteiger partial charge is 0.153 e. The van der Waals surface area contributed by atoms with Gasteiger partial charge in [-0.25, -0.2) is 9.98 Å². The summed E-state index contributed by atoms with van der Waals surface area (Å²) in [5.41, 5.74) is 20.4. The Kier molecular flexibility index (Phi) is 3.95. The summed E-state index contributed by atoms with van der Waals surface area (Å²) in [6.07, 6.45) is 2.78. The Morgan fingerprint density at radius 1 is 1.20 bits per heavy atom. The van der Waals surface area contributed by atoms with Crippen molar-refractivity contribution in [2.75, 3.05) is 0 Å². The van der Waals surface area contributed by atoms with Crippen molar-refractivity contribution in [2.45, 2.75) is 6.92 Å². The predicted molar refractivity (Wildman–Crippen MR) is 82.9 cm³/mol. The van der Waals surface area contributed by atoms with Crippen molar-refractivity contribution in [3.05, 3.63) is 53.5 Å². The van der Waals surface area contributed by atoms with E-state index >= 15 is 0 Å². The van der Waals surface area contributed by atoms with E-state index in [4.69, 9.17) is 17.2 Å². The summed E-state index contributed by atoms with van der Waals surface area (Å²) in [5, 5.41) is 0. The molecule has 0 aromatic carbocycles. The van der Waals surface area contributed by atoms with Crippen molar-refractivity contribution in [1.29, 1.82) is 0 Å². The Labute approximate surface area is 118 Å². The van der Waals surface area contributed by atoms with Gasteiger partial charge < -0.3 is 17.2 Å². The minimum atomic E-state index is 0. The zero-order chi connectivity index (χ0) is 14.5. The molecule has 0 atom stereocenters. The van der Waals surface area contributed by atoms with Crippen LogP contribution in [-0.2, 0) is 0 Å². The second-order valence-electron chi connectivity index (χ2n) is 4.17. The van der Waals surface area contributed by atoms with Crippen LogP contribution in [0.25, 0.3) is 11.4 Å². The maximum Gasteiger partial charge on any atom is 0.153 e. The molecule has 2 aromatic heterocycles. The summed E-state index contributed by atoms with van der Waals surface area (Å²) in [5.74, 6) is 0.510. The van der Waals surface area contributed by atoms with Gasteiger partial charge in [-0.1, -0.05) is 6.07 Å². The molecule has 6 heteroatoms. The van der Waals surface area contributed by atoms with Crippen molar-refractivity contribution in [2.24, 2.45) is 22.2 Å². The van der Waals surface area contributed by atoms with E-state index < -0.39 is 0 Å². The first-order valence-corrected chi connectivity index (χ1v) is 6.01. The molecule has 0 fully saturated rings. The summed E-state index contributed by atoms with van der Waals surface area (Å²) in [4.78, 5) is 12.3. The molecular weight excluding hydrogens is 252 g/mol. The standard InChI is InChI=1S/C14H16N6.H2/c1-9-3-2-4-11(20-9)14(17)13(16)10-5-6-12(18-7-10)19-8-15;/h2-8H,16-17H2,1H3,(H2,15,18,19);1H/b14-13-;. The van der Waals surface area contributed by atoms with Gasteiger partial charge in [0, 0.05) is 18.9 Å². The lowest BCUT2D eigenvalue weighted by Crippen LogP contribution is -2.09. The Morgan fingerprint density at radius 2 is 2.00 bits per heavy atom. The van der Waals surface area contributed by atoms with Crippen molar-refractivity contribution in [3.63, 3.8) is 0 Å². The number of hydrogen-bond donors (Lipinski definition) is 3. The highest BCUT2D eigenvalue weighted by Crippen LogP contribution is 2.18. The fourth-order valence-corrected chi connectivity index (χ4v) is 1.68. The highest BCUT2D eigenvalue weighted by molar-refractivity contribution is 5.86. The molecule has 0 saturated carbocycles. The molecule has 0 spiro atoms. The zero-order valence-electron chi connectivity index (χ0n) is 11.1. The van der Waals surface area contributed by atoms with Crippen LogP contribution in [-0.4, -0.2) is 16.3 Å². The van der Waals surface area contributed by atoms with E-state index in [2.05, 4.69) is 15.0 Å². The normalized spacial score (nSPS) is 12.4. The molecule has 0 saturated heterocycles. The van der Waals surface area contributed by atoms with Crippen molar-refractivity contribution < 1.29 is 1.43 Å². The van der Waals surface area contributed by atoms with Gasteiger partial charge in [-0.2, -0.15) is 0 Å². The average molecular weight is 270 g/mol. The lowest BCUT2D eigenvalue weighted by molar-refractivity contribution is 1.16. The number of pyridine rings is 2. The third-order valence-electron chi connectivity index (χ3n) is 2.72. The predicted octanol–water partition coefficient (Wildman–Crippen LogP) is 1.39. The summed E-state index contributed by atoms with van der Waals surface area (Å²) < 4.78 is 0. The van der Waals surface area contributed by atoms with Crippen molar-refractivity contribution in [1.82, 2.24) is 9.97 Å². The van der Waals surface area contributed by atoms with Gasteiger partial charge in [-0.05, 0) is 31.2 Å². The quantitative estimate of drug-likeness (QED) is 0.575. The SMILES string of the molecule is Cc1cccc(/C(N)=C(/N)c2ccc(N=CN)nc2)n1.[HH]. The molecule has 0 unspecified atom stereocenters. The number of nitrogens with zero attached hydrogens (tertiary/aromatic N) is 3. The third kappa shape index (κ3) is 2.92. The Balaban J connectivity index is 0.00000220. The molecular formula is C14H18N6. The summed E-state index contributed by atoms with van der Waals surface area (Å²) in [7, 11) is 0. The summed E-state index contributed by atoms with van der Waals surface area (Å²) >= 11 is 0. The molecule has 0 bridgehead atoms. The summed E-state index contributed by atoms with van der Waals surface area (Å²) in [6.45, 7) is 1.90. The van der Waals surface area contributed by atoms with Gasteiger partial charge >= 0.3 is 0 Å². The number of hydrogen-bond acceptors (Lipinski definition) is 5. The lowest BCUT2D eigenvalue weighted by Gasteiger charge is -2.08. The number of aliphatic imine (C=N–C) groups is 1. The minimum Gasteiger partial charge on any atom is -0.396 e. The van der Waals surface area contributed by atoms with E-state index in [1.165, 1.54) is 6.34 Å². The molecule has 6 nitrogen and oxygen atoms in total. The van der Waals surface area contributed by atoms with Crippen molar-refractivity contribution >= 4 is 23.6 Å². The first kappa shape index (κ1) is 13.5. The Bertz CT molecular complexity index is 663. The highest BCUT2D eigenvalue weighted by atomic mass is 14.9. The topological polar surface area (TPSA) is 116 Å². The van der Waals surface area contributed by atoms with E-state index in [0.717, 1.165) is 5.69 Å². The maximum absolute atomic E-state index is 6.06. The van der Waals surface area contributed by atoms with E-state index in [9.17, 15) is 0 Å². The molecule has 2 heterocycles. The van der Waals surface area contributed by atoms with Crippen LogP contribution in [0.3, 0.4) is 0 Å². The van der Waals surface area contributed by atoms with Crippen LogP contribution in [0.2, 0.25) is 0 Å². The van der Waals surface area contributed by atoms with Gasteiger partial charge in [0.1, 0.15) is 0 Å². The number of rotatable bonds is 3. The Hall–Kier alpha value is -2.89. The summed E-state index contributed by atoms with van der Waals surface area (Å²) in [6, 6.07) is 9.09. The fraction of sp³-hybridized carbons (Fsp3) is 0.0714. The average Bonchev–Trinajstić information content (AvgIpc) is 2.47. The fourth-order valence-electron chi connectivity index (χ4n) is 1.68. The number of aromatic nitrogens is 2. The van der Waals surface area contributed by atoms with E-state index in [1.807, 2.05) is 25.1 Å². The van der Waals surface area contributed by atoms with Crippen LogP contribution in [0.5, 0.6) is 0 Å². The second-order valence-corrected chi connectivity index (χ2v) is 4.17. The highest BCUT2D eigenvalue weighted by Gasteiger charge is 2.07. The molecule has 104 valence electrons. The van der Waals surface area contributed by atoms with Gasteiger partial charge in [0.25, 0.3) is 0 Å². The number of nitrogens with two attached hydrogens (primary N) is 3. The van der Waals surface area contributed by atoms with Crippen LogP contribution < -0.4 is 17.2 Å². The molecule has 0 radical (unpaired) electrons. The number of aryl methyl sites for hydroxylation is 1. The monoisotopic (exact) mass is 270 g/mol. The van der Waals surface area contributed by atoms with Gasteiger partial charge in [-0.3, -0.25) is 4.98 Å². The first-order valence-electron chi connectivity index (χ1n) is 6.01. The molecule has 2 aromatic rings.